The summed E-state index contributed by atoms with van der Waals surface area (Å²) < 4.78 is 0. The minimum Gasteiger partial charge on any atom is -0.478 e. The average molecular weight is 282 g/mol. The number of hydrogen-bond acceptors (Lipinski definition) is 2. The maximum Gasteiger partial charge on any atom is 0.339 e. The molecule has 1 fully saturated rings. The number of halogens is 1. The molecule has 0 saturated heterocycles. The number of aromatic carboxylic acids is 1. The van der Waals surface area contributed by atoms with Gasteiger partial charge >= 0.3 is 5.97 Å². The molecular formula is C15H20ClNO2. The van der Waals surface area contributed by atoms with Crippen LogP contribution in [0, 0.1) is 0 Å². The zero-order valence-electron chi connectivity index (χ0n) is 11.2. The highest BCUT2D eigenvalue weighted by atomic mass is 35.5. The molecule has 0 amide bonds. The number of carbonyl (C=O) groups is 1. The highest BCUT2D eigenvalue weighted by molar-refractivity contribution is 6.34. The van der Waals surface area contributed by atoms with Crippen molar-refractivity contribution in [2.45, 2.75) is 45.1 Å². The van der Waals surface area contributed by atoms with Crippen LogP contribution < -0.4 is 4.90 Å². The number of benzene rings is 1. The molecule has 1 N–H and O–H groups in total. The van der Waals surface area contributed by atoms with Crippen LogP contribution in [0.2, 0.25) is 5.02 Å². The Morgan fingerprint density at radius 2 is 2.05 bits per heavy atom. The van der Waals surface area contributed by atoms with Crippen LogP contribution in [-0.2, 0) is 0 Å². The van der Waals surface area contributed by atoms with E-state index < -0.39 is 5.97 Å². The number of rotatable bonds is 4. The van der Waals surface area contributed by atoms with E-state index in [2.05, 4.69) is 11.8 Å². The summed E-state index contributed by atoms with van der Waals surface area (Å²) in [5.74, 6) is -0.949. The monoisotopic (exact) mass is 281 g/mol. The fourth-order valence-corrected chi connectivity index (χ4v) is 3.23. The lowest BCUT2D eigenvalue weighted by Gasteiger charge is -2.36. The maximum absolute atomic E-state index is 11.4. The van der Waals surface area contributed by atoms with Gasteiger partial charge in [0.1, 0.15) is 5.56 Å². The normalized spacial score (nSPS) is 16.3. The van der Waals surface area contributed by atoms with Crippen LogP contribution in [0.5, 0.6) is 0 Å². The first-order valence-electron chi connectivity index (χ1n) is 6.93. The molecular weight excluding hydrogens is 262 g/mol. The van der Waals surface area contributed by atoms with Gasteiger partial charge in [-0.1, -0.05) is 36.9 Å². The summed E-state index contributed by atoms with van der Waals surface area (Å²) in [6, 6.07) is 5.78. The summed E-state index contributed by atoms with van der Waals surface area (Å²) in [7, 11) is 0. The third-order valence-corrected chi connectivity index (χ3v) is 4.19. The molecule has 0 aliphatic heterocycles. The molecule has 1 aliphatic rings. The third kappa shape index (κ3) is 3.03. The largest absolute Gasteiger partial charge is 0.478 e. The lowest BCUT2D eigenvalue weighted by Crippen LogP contribution is -2.37. The number of hydrogen-bond donors (Lipinski definition) is 1. The predicted molar refractivity (Wildman–Crippen MR) is 78.3 cm³/mol. The van der Waals surface area contributed by atoms with E-state index in [1.165, 1.54) is 19.3 Å². The van der Waals surface area contributed by atoms with E-state index in [4.69, 9.17) is 11.6 Å². The van der Waals surface area contributed by atoms with Gasteiger partial charge in [-0.15, -0.1) is 0 Å². The SMILES string of the molecule is CCN(c1cccc(Cl)c1C(=O)O)C1CCCCC1. The molecule has 0 radical (unpaired) electrons. The molecule has 0 bridgehead atoms. The molecule has 1 saturated carbocycles. The Hall–Kier alpha value is -1.22. The average Bonchev–Trinajstić information content (AvgIpc) is 2.40. The Balaban J connectivity index is 2.37. The number of carboxylic acids is 1. The molecule has 3 nitrogen and oxygen atoms in total. The lowest BCUT2D eigenvalue weighted by molar-refractivity contribution is 0.0697. The van der Waals surface area contributed by atoms with Crippen LogP contribution in [0.25, 0.3) is 0 Å². The number of nitrogens with zero attached hydrogens (tertiary/aromatic N) is 1. The van der Waals surface area contributed by atoms with Gasteiger partial charge in [0.05, 0.1) is 10.7 Å². The number of carboxylic acid groups (broad SMARTS) is 1. The predicted octanol–water partition coefficient (Wildman–Crippen LogP) is 4.20. The topological polar surface area (TPSA) is 40.5 Å². The lowest BCUT2D eigenvalue weighted by atomic mass is 9.93. The Morgan fingerprint density at radius 1 is 1.37 bits per heavy atom. The molecule has 0 aromatic heterocycles. The van der Waals surface area contributed by atoms with Gasteiger partial charge in [-0.25, -0.2) is 4.79 Å². The van der Waals surface area contributed by atoms with Crippen LogP contribution in [0.15, 0.2) is 18.2 Å². The van der Waals surface area contributed by atoms with Crippen LogP contribution >= 0.6 is 11.6 Å². The molecule has 1 aromatic carbocycles. The Morgan fingerprint density at radius 3 is 2.63 bits per heavy atom. The summed E-state index contributed by atoms with van der Waals surface area (Å²) >= 11 is 6.06. The van der Waals surface area contributed by atoms with E-state index in [1.54, 1.807) is 6.07 Å². The van der Waals surface area contributed by atoms with Crippen molar-refractivity contribution >= 4 is 23.3 Å². The third-order valence-electron chi connectivity index (χ3n) is 3.87. The van der Waals surface area contributed by atoms with E-state index in [-0.39, 0.29) is 5.56 Å². The minimum absolute atomic E-state index is 0.233. The van der Waals surface area contributed by atoms with Crippen LogP contribution in [0.3, 0.4) is 0 Å². The van der Waals surface area contributed by atoms with Crippen LogP contribution in [0.4, 0.5) is 5.69 Å². The molecule has 0 heterocycles. The Labute approximate surface area is 119 Å². The molecule has 4 heteroatoms. The molecule has 1 aliphatic carbocycles. The maximum atomic E-state index is 11.4. The second-order valence-electron chi connectivity index (χ2n) is 5.02. The summed E-state index contributed by atoms with van der Waals surface area (Å²) in [5.41, 5.74) is 0.992. The van der Waals surface area contributed by atoms with Crippen molar-refractivity contribution in [1.82, 2.24) is 0 Å². The van der Waals surface area contributed by atoms with Crippen molar-refractivity contribution in [3.05, 3.63) is 28.8 Å². The summed E-state index contributed by atoms with van der Waals surface area (Å²) in [6.07, 6.45) is 6.02. The fourth-order valence-electron chi connectivity index (χ4n) is 2.98. The van der Waals surface area contributed by atoms with Crippen LogP contribution in [0.1, 0.15) is 49.4 Å². The van der Waals surface area contributed by atoms with Crippen molar-refractivity contribution in [2.24, 2.45) is 0 Å². The second-order valence-corrected chi connectivity index (χ2v) is 5.42. The first kappa shape index (κ1) is 14.2. The summed E-state index contributed by atoms with van der Waals surface area (Å²) in [4.78, 5) is 13.6. The summed E-state index contributed by atoms with van der Waals surface area (Å²) in [6.45, 7) is 2.88. The molecule has 104 valence electrons. The van der Waals surface area contributed by atoms with Gasteiger partial charge in [0, 0.05) is 12.6 Å². The van der Waals surface area contributed by atoms with Crippen molar-refractivity contribution in [1.29, 1.82) is 0 Å². The van der Waals surface area contributed by atoms with E-state index >= 15 is 0 Å². The zero-order chi connectivity index (χ0) is 13.8. The van der Waals surface area contributed by atoms with Gasteiger partial charge in [-0.3, -0.25) is 0 Å². The summed E-state index contributed by atoms with van der Waals surface area (Å²) in [5, 5.41) is 9.70. The highest BCUT2D eigenvalue weighted by Crippen LogP contribution is 2.32. The minimum atomic E-state index is -0.949. The first-order chi connectivity index (χ1) is 9.15. The van der Waals surface area contributed by atoms with Crippen LogP contribution in [-0.4, -0.2) is 23.7 Å². The number of anilines is 1. The molecule has 19 heavy (non-hydrogen) atoms. The molecule has 0 unspecified atom stereocenters. The van der Waals surface area contributed by atoms with E-state index in [1.807, 2.05) is 12.1 Å². The van der Waals surface area contributed by atoms with Crippen molar-refractivity contribution in [2.75, 3.05) is 11.4 Å². The van der Waals surface area contributed by atoms with Gasteiger partial charge in [0.2, 0.25) is 0 Å². The smallest absolute Gasteiger partial charge is 0.339 e. The van der Waals surface area contributed by atoms with Gasteiger partial charge in [0.15, 0.2) is 0 Å². The fraction of sp³-hybridized carbons (Fsp3) is 0.533. The Kier molecular flexibility index (Phi) is 4.70. The second kappa shape index (κ2) is 6.29. The zero-order valence-corrected chi connectivity index (χ0v) is 12.0. The molecule has 1 aromatic rings. The first-order valence-corrected chi connectivity index (χ1v) is 7.31. The van der Waals surface area contributed by atoms with Crippen molar-refractivity contribution < 1.29 is 9.90 Å². The van der Waals surface area contributed by atoms with Crippen molar-refractivity contribution in [3.63, 3.8) is 0 Å². The van der Waals surface area contributed by atoms with E-state index in [9.17, 15) is 9.90 Å². The Bertz CT molecular complexity index is 455. The van der Waals surface area contributed by atoms with E-state index in [0.717, 1.165) is 25.1 Å². The quantitative estimate of drug-likeness (QED) is 0.899. The van der Waals surface area contributed by atoms with Gasteiger partial charge in [0.25, 0.3) is 0 Å². The highest BCUT2D eigenvalue weighted by Gasteiger charge is 2.25. The van der Waals surface area contributed by atoms with Gasteiger partial charge in [-0.05, 0) is 31.9 Å². The molecule has 0 spiro atoms. The standard InChI is InChI=1S/C15H20ClNO2/c1-2-17(11-7-4-3-5-8-11)13-10-6-9-12(16)14(13)15(18)19/h6,9-11H,2-5,7-8H2,1H3,(H,18,19). The van der Waals surface area contributed by atoms with Gasteiger partial charge < -0.3 is 10.0 Å². The molecule has 0 atom stereocenters. The van der Waals surface area contributed by atoms with Crippen molar-refractivity contribution in [3.8, 4) is 0 Å². The van der Waals surface area contributed by atoms with E-state index in [0.29, 0.717) is 11.1 Å². The molecule has 2 rings (SSSR count). The van der Waals surface area contributed by atoms with Gasteiger partial charge in [-0.2, -0.15) is 0 Å².